The molecule has 0 bridgehead atoms. The Labute approximate surface area is 249 Å². The number of aliphatic hydroxyl groups excluding tert-OH is 1. The second-order valence-corrected chi connectivity index (χ2v) is 8.58. The molecule has 220 valence electrons. The minimum Gasteiger partial charge on any atom is -0.870 e. The van der Waals surface area contributed by atoms with E-state index in [9.17, 15) is 20.1 Å². The van der Waals surface area contributed by atoms with E-state index in [0.29, 0.717) is 16.9 Å². The number of piperazine rings is 1. The van der Waals surface area contributed by atoms with Crippen molar-refractivity contribution in [2.75, 3.05) is 54.5 Å². The number of aliphatic carboxylic acids is 1. The Morgan fingerprint density at radius 3 is 1.82 bits per heavy atom. The summed E-state index contributed by atoms with van der Waals surface area (Å²) < 4.78 is 9.94. The molecule has 0 saturated carbocycles. The maximum Gasteiger partial charge on any atom is 2.00 e. The quantitative estimate of drug-likeness (QED) is 0.198. The zero-order valence-corrected chi connectivity index (χ0v) is 24.8. The van der Waals surface area contributed by atoms with E-state index in [1.807, 2.05) is 0 Å². The first-order chi connectivity index (χ1) is 18.4. The van der Waals surface area contributed by atoms with Crippen LogP contribution >= 0.6 is 0 Å². The molecule has 2 aromatic rings. The van der Waals surface area contributed by atoms with Gasteiger partial charge in [-0.1, -0.05) is 36.1 Å². The number of aliphatic hydroxyl groups is 1. The van der Waals surface area contributed by atoms with Crippen LogP contribution < -0.4 is 19.7 Å². The molecule has 1 aliphatic heterocycles. The van der Waals surface area contributed by atoms with Crippen molar-refractivity contribution >= 4 is 23.9 Å². The van der Waals surface area contributed by atoms with E-state index in [1.54, 1.807) is 24.3 Å². The molecule has 2 aromatic carbocycles. The molecule has 2 N–H and O–H groups in total. The number of carboxylic acid groups (broad SMARTS) is 1. The van der Waals surface area contributed by atoms with Crippen LogP contribution in [0.25, 0.3) is 12.2 Å². The second-order valence-electron chi connectivity index (χ2n) is 8.58. The SMILES string of the molecule is CC(=O)[O-].CN1CCN(C)CC1.COc1cc(/C=C/C(O)=C/C(=O)/C=C/c2ccc(O)c(OC)c2)ccc1[O-].[Pd+2]. The summed E-state index contributed by atoms with van der Waals surface area (Å²) in [4.78, 5) is 25.5. The Hall–Kier alpha value is -3.62. The third-order valence-electron chi connectivity index (χ3n) is 5.30. The van der Waals surface area contributed by atoms with Crippen molar-refractivity contribution in [1.29, 1.82) is 0 Å². The molecule has 0 aromatic heterocycles. The molecule has 0 spiro atoms. The zero-order valence-electron chi connectivity index (χ0n) is 23.2. The van der Waals surface area contributed by atoms with Crippen LogP contribution in [0.1, 0.15) is 18.1 Å². The van der Waals surface area contributed by atoms with Crippen LogP contribution in [-0.2, 0) is 30.0 Å². The number of carbonyl (C=O) groups is 2. The fourth-order valence-corrected chi connectivity index (χ4v) is 3.09. The first kappa shape index (κ1) is 36.4. The van der Waals surface area contributed by atoms with Crippen molar-refractivity contribution < 1.29 is 59.9 Å². The van der Waals surface area contributed by atoms with E-state index in [4.69, 9.17) is 19.4 Å². The first-order valence-electron chi connectivity index (χ1n) is 12.0. The van der Waals surface area contributed by atoms with E-state index in [2.05, 4.69) is 23.9 Å². The second kappa shape index (κ2) is 19.4. The van der Waals surface area contributed by atoms with Gasteiger partial charge in [0.2, 0.25) is 0 Å². The summed E-state index contributed by atoms with van der Waals surface area (Å²) in [5.41, 5.74) is 1.30. The van der Waals surface area contributed by atoms with Crippen LogP contribution in [0.4, 0.5) is 0 Å². The van der Waals surface area contributed by atoms with E-state index in [-0.39, 0.29) is 43.4 Å². The molecule has 10 nitrogen and oxygen atoms in total. The van der Waals surface area contributed by atoms with Gasteiger partial charge in [-0.2, -0.15) is 0 Å². The fraction of sp³-hybridized carbons (Fsp3) is 0.310. The van der Waals surface area contributed by atoms with Gasteiger partial charge < -0.3 is 44.5 Å². The molecule has 1 saturated heterocycles. The van der Waals surface area contributed by atoms with Gasteiger partial charge in [0, 0.05) is 38.2 Å². The molecular formula is C29H36N2O8Pd. The van der Waals surface area contributed by atoms with Gasteiger partial charge in [0.1, 0.15) is 11.5 Å². The van der Waals surface area contributed by atoms with Crippen molar-refractivity contribution in [3.05, 3.63) is 71.5 Å². The van der Waals surface area contributed by atoms with Gasteiger partial charge in [-0.3, -0.25) is 4.79 Å². The number of aromatic hydroxyl groups is 1. The van der Waals surface area contributed by atoms with Crippen molar-refractivity contribution in [2.24, 2.45) is 0 Å². The average molecular weight is 647 g/mol. The number of phenolic OH excluding ortho intramolecular Hbond substituents is 1. The Morgan fingerprint density at radius 2 is 1.32 bits per heavy atom. The zero-order chi connectivity index (χ0) is 29.4. The Balaban J connectivity index is 0.000000970. The molecule has 1 fully saturated rings. The smallest absolute Gasteiger partial charge is 0.870 e. The normalized spacial score (nSPS) is 13.9. The standard InChI is InChI=1S/C21H20O6.C6H14N2.C2H4O2.Pd/c1-26-20-11-14(5-9-18(20)24)3-7-16(22)13-17(23)8-4-15-6-10-19(25)21(12-15)27-2;1-7-3-5-8(2)6-4-7;1-2(3)4;/h3-13,22,24-25H,1-2H3;3-6H2,1-2H3;1H3,(H,3,4);/q;;;+2/p-2/b7-3+,8-4+,16-13-;;;. The topological polar surface area (TPSA) is 146 Å². The molecule has 0 radical (unpaired) electrons. The molecule has 0 aliphatic carbocycles. The maximum absolute atomic E-state index is 11.9. The maximum atomic E-state index is 11.9. The number of benzene rings is 2. The van der Waals surface area contributed by atoms with Crippen LogP contribution in [0, 0.1) is 0 Å². The van der Waals surface area contributed by atoms with Crippen LogP contribution in [0.5, 0.6) is 23.0 Å². The molecule has 0 atom stereocenters. The predicted octanol–water partition coefficient (Wildman–Crippen LogP) is 1.84. The molecule has 1 heterocycles. The molecule has 3 rings (SSSR count). The van der Waals surface area contributed by atoms with E-state index in [1.165, 1.54) is 76.8 Å². The third kappa shape index (κ3) is 15.1. The fourth-order valence-electron chi connectivity index (χ4n) is 3.09. The summed E-state index contributed by atoms with van der Waals surface area (Å²) in [5.74, 6) is -1.48. The van der Waals surface area contributed by atoms with Gasteiger partial charge >= 0.3 is 20.4 Å². The molecule has 40 heavy (non-hydrogen) atoms. The predicted molar refractivity (Wildman–Crippen MR) is 147 cm³/mol. The molecule has 0 unspecified atom stereocenters. The number of rotatable bonds is 7. The van der Waals surface area contributed by atoms with Crippen molar-refractivity contribution in [2.45, 2.75) is 6.92 Å². The van der Waals surface area contributed by atoms with Gasteiger partial charge in [0.25, 0.3) is 0 Å². The number of hydrogen-bond donors (Lipinski definition) is 2. The number of methoxy groups -OCH3 is 2. The number of ketones is 1. The summed E-state index contributed by atoms with van der Waals surface area (Å²) in [6.45, 7) is 5.90. The summed E-state index contributed by atoms with van der Waals surface area (Å²) in [6, 6.07) is 9.13. The van der Waals surface area contributed by atoms with E-state index >= 15 is 0 Å². The number of hydrogen-bond acceptors (Lipinski definition) is 10. The number of ether oxygens (including phenoxy) is 2. The number of phenols is 1. The van der Waals surface area contributed by atoms with Gasteiger partial charge in [0.05, 0.1) is 14.2 Å². The number of nitrogens with zero attached hydrogens (tertiary/aromatic N) is 2. The average Bonchev–Trinajstić information content (AvgIpc) is 2.89. The summed E-state index contributed by atoms with van der Waals surface area (Å²) in [7, 11) is 7.18. The first-order valence-corrected chi connectivity index (χ1v) is 12.0. The molecule has 1 aliphatic rings. The number of allylic oxidation sites excluding steroid dienone is 3. The molecular weight excluding hydrogens is 611 g/mol. The van der Waals surface area contributed by atoms with Gasteiger partial charge in [-0.25, -0.2) is 0 Å². The summed E-state index contributed by atoms with van der Waals surface area (Å²) in [6.07, 6.45) is 6.77. The van der Waals surface area contributed by atoms with Crippen molar-refractivity contribution in [3.8, 4) is 23.0 Å². The van der Waals surface area contributed by atoms with E-state index < -0.39 is 11.8 Å². The van der Waals surface area contributed by atoms with Crippen molar-refractivity contribution in [1.82, 2.24) is 9.80 Å². The molecule has 11 heteroatoms. The minimum absolute atomic E-state index is 0. The van der Waals surface area contributed by atoms with E-state index in [0.717, 1.165) is 13.0 Å². The number of carbonyl (C=O) groups excluding carboxylic acids is 2. The minimum atomic E-state index is -1.08. The van der Waals surface area contributed by atoms with Crippen LogP contribution in [0.15, 0.2) is 60.4 Å². The third-order valence-corrected chi connectivity index (χ3v) is 5.30. The van der Waals surface area contributed by atoms with Crippen LogP contribution in [0.2, 0.25) is 0 Å². The Bertz CT molecular complexity index is 1160. The van der Waals surface area contributed by atoms with Crippen LogP contribution in [0.3, 0.4) is 0 Å². The van der Waals surface area contributed by atoms with Gasteiger partial charge in [-0.15, -0.1) is 0 Å². The number of carboxylic acids is 1. The monoisotopic (exact) mass is 646 g/mol. The Kier molecular flexibility index (Phi) is 17.7. The Morgan fingerprint density at radius 1 is 0.875 bits per heavy atom. The van der Waals surface area contributed by atoms with Gasteiger partial charge in [-0.05, 0) is 62.5 Å². The van der Waals surface area contributed by atoms with Crippen molar-refractivity contribution in [3.63, 3.8) is 0 Å². The van der Waals surface area contributed by atoms with Gasteiger partial charge in [0.15, 0.2) is 17.3 Å². The number of likely N-dealkylation sites (N-methyl/N-ethyl adjacent to an activating group) is 2. The van der Waals surface area contributed by atoms with Crippen LogP contribution in [-0.4, -0.2) is 86.3 Å². The summed E-state index contributed by atoms with van der Waals surface area (Å²) in [5, 5.41) is 39.7. The summed E-state index contributed by atoms with van der Waals surface area (Å²) >= 11 is 0. The largest absolute Gasteiger partial charge is 2.00 e. The molecule has 0 amide bonds.